The summed E-state index contributed by atoms with van der Waals surface area (Å²) in [6.07, 6.45) is 1.11. The Morgan fingerprint density at radius 3 is 1.98 bits per heavy atom. The third kappa shape index (κ3) is 12.4. The molecule has 2 aromatic rings. The number of rotatable bonds is 18. The van der Waals surface area contributed by atoms with Crippen LogP contribution in [0.15, 0.2) is 29.3 Å². The molecule has 9 N–H and O–H groups in total. The number of aliphatic imine (C=N–C) groups is 1. The molecule has 0 aliphatic carbocycles. The summed E-state index contributed by atoms with van der Waals surface area (Å²) >= 11 is 1.25. The highest BCUT2D eigenvalue weighted by Crippen LogP contribution is 2.24. The van der Waals surface area contributed by atoms with Gasteiger partial charge in [0.25, 0.3) is 0 Å². The van der Waals surface area contributed by atoms with Gasteiger partial charge in [0.2, 0.25) is 29.4 Å². The minimum absolute atomic E-state index is 0.0268. The van der Waals surface area contributed by atoms with Crippen molar-refractivity contribution in [3.05, 3.63) is 29.3 Å². The zero-order valence-corrected chi connectivity index (χ0v) is 27.3. The van der Waals surface area contributed by atoms with Gasteiger partial charge in [0.05, 0.1) is 22.9 Å². The van der Waals surface area contributed by atoms with Crippen LogP contribution in [-0.2, 0) is 19.2 Å². The van der Waals surface area contributed by atoms with Crippen LogP contribution in [0.5, 0.6) is 0 Å². The predicted octanol–water partition coefficient (Wildman–Crippen LogP) is 0.576. The lowest BCUT2D eigenvalue weighted by Gasteiger charge is -2.26. The van der Waals surface area contributed by atoms with Gasteiger partial charge in [-0.3, -0.25) is 29.0 Å². The number of carbonyl (C=O) groups excluding carboxylic acids is 5. The molecule has 0 saturated carbocycles. The number of aromatic nitrogens is 1. The lowest BCUT2D eigenvalue weighted by Crippen LogP contribution is -2.58. The molecule has 0 bridgehead atoms. The zero-order valence-electron chi connectivity index (χ0n) is 26.5. The zero-order chi connectivity index (χ0) is 33.7. The first-order valence-electron chi connectivity index (χ1n) is 15.0. The largest absolute Gasteiger partial charge is 0.394 e. The first-order chi connectivity index (χ1) is 21.2. The number of thiazole rings is 1. The quantitative estimate of drug-likeness (QED) is 0.0519. The highest BCUT2D eigenvalue weighted by atomic mass is 32.1. The molecule has 0 fully saturated rings. The number of hydrogen-bond donors (Lipinski definition) is 7. The average Bonchev–Trinajstić information content (AvgIpc) is 3.39. The smallest absolute Gasteiger partial charge is 0.245 e. The molecule has 0 aliphatic heterocycles. The number of ketones is 1. The molecule has 45 heavy (non-hydrogen) atoms. The molecular weight excluding hydrogens is 600 g/mol. The number of benzene rings is 1. The van der Waals surface area contributed by atoms with Crippen LogP contribution in [0.1, 0.15) is 70.1 Å². The normalized spacial score (nSPS) is 13.9. The monoisotopic (exact) mass is 646 g/mol. The van der Waals surface area contributed by atoms with Gasteiger partial charge in [-0.1, -0.05) is 39.8 Å². The highest BCUT2D eigenvalue weighted by Gasteiger charge is 2.32. The van der Waals surface area contributed by atoms with Crippen molar-refractivity contribution in [1.29, 1.82) is 0 Å². The summed E-state index contributed by atoms with van der Waals surface area (Å²) in [5, 5.41) is 20.6. The fraction of sp³-hybridized carbons (Fsp3) is 0.567. The third-order valence-corrected chi connectivity index (χ3v) is 7.69. The van der Waals surface area contributed by atoms with Crippen molar-refractivity contribution in [2.24, 2.45) is 28.3 Å². The first-order valence-corrected chi connectivity index (χ1v) is 15.8. The van der Waals surface area contributed by atoms with E-state index in [1.807, 2.05) is 52.0 Å². The van der Waals surface area contributed by atoms with Gasteiger partial charge < -0.3 is 37.8 Å². The number of amides is 4. The maximum Gasteiger partial charge on any atom is 0.245 e. The molecule has 248 valence electrons. The van der Waals surface area contributed by atoms with Gasteiger partial charge in [0, 0.05) is 13.5 Å². The molecule has 1 aromatic carbocycles. The van der Waals surface area contributed by atoms with Gasteiger partial charge in [-0.05, 0) is 49.7 Å². The molecule has 14 nitrogen and oxygen atoms in total. The van der Waals surface area contributed by atoms with Crippen molar-refractivity contribution in [3.63, 3.8) is 0 Å². The molecule has 0 aliphatic rings. The highest BCUT2D eigenvalue weighted by molar-refractivity contribution is 7.20. The Bertz CT molecular complexity index is 1320. The summed E-state index contributed by atoms with van der Waals surface area (Å²) in [6, 6.07) is 3.01. The minimum Gasteiger partial charge on any atom is -0.394 e. The topological polar surface area (TPSA) is 231 Å². The van der Waals surface area contributed by atoms with Crippen molar-refractivity contribution in [3.8, 4) is 0 Å². The number of aliphatic hydroxyl groups is 1. The number of guanidine groups is 1. The number of para-hydroxylation sites is 1. The number of hydrogen-bond acceptors (Lipinski definition) is 9. The SMILES string of the molecule is CC(=O)N[C@@H](CCCN=C(N)N)C(=O)N[C@@H](CO)C(=O)N[C@@H](CC(C)C)C(=O)N[C@@H](CC(C)C)C(=O)c1nc2ccccc2s1. The van der Waals surface area contributed by atoms with Gasteiger partial charge in [-0.15, -0.1) is 11.3 Å². The molecule has 1 aromatic heterocycles. The van der Waals surface area contributed by atoms with Crippen molar-refractivity contribution in [1.82, 2.24) is 26.3 Å². The molecule has 0 saturated heterocycles. The number of nitrogens with one attached hydrogen (secondary N) is 4. The molecule has 4 amide bonds. The molecule has 1 heterocycles. The summed E-state index contributed by atoms with van der Waals surface area (Å²) in [5.74, 6) is -2.93. The Hall–Kier alpha value is -4.11. The van der Waals surface area contributed by atoms with E-state index in [0.717, 1.165) is 4.70 Å². The van der Waals surface area contributed by atoms with Crippen LogP contribution >= 0.6 is 11.3 Å². The number of aliphatic hydroxyl groups excluding tert-OH is 1. The molecule has 0 spiro atoms. The molecule has 4 atom stereocenters. The second-order valence-corrected chi connectivity index (χ2v) is 12.7. The van der Waals surface area contributed by atoms with Crippen LogP contribution in [0.25, 0.3) is 10.2 Å². The molecule has 0 unspecified atom stereocenters. The van der Waals surface area contributed by atoms with Crippen molar-refractivity contribution >= 4 is 56.9 Å². The number of fused-ring (bicyclic) bond motifs is 1. The van der Waals surface area contributed by atoms with Crippen LogP contribution in [0.2, 0.25) is 0 Å². The summed E-state index contributed by atoms with van der Waals surface area (Å²) in [5.41, 5.74) is 11.3. The van der Waals surface area contributed by atoms with Crippen LogP contribution < -0.4 is 32.7 Å². The van der Waals surface area contributed by atoms with Crippen LogP contribution in [0.4, 0.5) is 0 Å². The van der Waals surface area contributed by atoms with E-state index in [-0.39, 0.29) is 48.0 Å². The maximum atomic E-state index is 13.6. The second kappa shape index (κ2) is 18.0. The summed E-state index contributed by atoms with van der Waals surface area (Å²) in [4.78, 5) is 73.3. The maximum absolute atomic E-state index is 13.6. The van der Waals surface area contributed by atoms with Gasteiger partial charge in [0.1, 0.15) is 18.1 Å². The van der Waals surface area contributed by atoms with E-state index < -0.39 is 54.4 Å². The molecule has 2 rings (SSSR count). The second-order valence-electron chi connectivity index (χ2n) is 11.7. The summed E-state index contributed by atoms with van der Waals surface area (Å²) in [7, 11) is 0. The number of nitrogens with two attached hydrogens (primary N) is 2. The van der Waals surface area contributed by atoms with Gasteiger partial charge >= 0.3 is 0 Å². The fourth-order valence-electron chi connectivity index (χ4n) is 4.56. The molecule has 15 heteroatoms. The Kier molecular flexibility index (Phi) is 14.8. The van der Waals surface area contributed by atoms with Crippen LogP contribution in [0.3, 0.4) is 0 Å². The van der Waals surface area contributed by atoms with E-state index in [1.165, 1.54) is 18.3 Å². The van der Waals surface area contributed by atoms with Crippen molar-refractivity contribution in [2.45, 2.75) is 84.5 Å². The van der Waals surface area contributed by atoms with Gasteiger partial charge in [-0.25, -0.2) is 4.98 Å². The fourth-order valence-corrected chi connectivity index (χ4v) is 5.52. The van der Waals surface area contributed by atoms with Crippen molar-refractivity contribution in [2.75, 3.05) is 13.2 Å². The minimum atomic E-state index is -1.41. The van der Waals surface area contributed by atoms with E-state index >= 15 is 0 Å². The van der Waals surface area contributed by atoms with E-state index in [2.05, 4.69) is 31.2 Å². The first kappa shape index (κ1) is 37.1. The van der Waals surface area contributed by atoms with E-state index in [0.29, 0.717) is 18.4 Å². The lowest BCUT2D eigenvalue weighted by atomic mass is 9.98. The average molecular weight is 647 g/mol. The Morgan fingerprint density at radius 2 is 1.40 bits per heavy atom. The summed E-state index contributed by atoms with van der Waals surface area (Å²) < 4.78 is 0.854. The predicted molar refractivity (Wildman–Crippen MR) is 173 cm³/mol. The number of Topliss-reactive ketones (excluding diaryl/α,β-unsaturated/α-hetero) is 1. The van der Waals surface area contributed by atoms with E-state index in [1.54, 1.807) is 0 Å². The van der Waals surface area contributed by atoms with Gasteiger partial charge in [-0.2, -0.15) is 0 Å². The lowest BCUT2D eigenvalue weighted by molar-refractivity contribution is -0.134. The number of nitrogens with zero attached hydrogens (tertiary/aromatic N) is 2. The Balaban J connectivity index is 2.17. The van der Waals surface area contributed by atoms with Crippen molar-refractivity contribution < 1.29 is 29.1 Å². The van der Waals surface area contributed by atoms with Crippen LogP contribution in [0, 0.1) is 11.8 Å². The summed E-state index contributed by atoms with van der Waals surface area (Å²) in [6.45, 7) is 8.31. The van der Waals surface area contributed by atoms with Crippen LogP contribution in [-0.4, -0.2) is 82.8 Å². The van der Waals surface area contributed by atoms with Gasteiger partial charge in [0.15, 0.2) is 11.0 Å². The van der Waals surface area contributed by atoms with E-state index in [9.17, 15) is 29.1 Å². The Labute approximate surface area is 267 Å². The number of carbonyl (C=O) groups is 5. The molecular formula is C30H46N8O6S. The third-order valence-electron chi connectivity index (χ3n) is 6.64. The van der Waals surface area contributed by atoms with E-state index in [4.69, 9.17) is 11.5 Å². The standard InChI is InChI=1S/C30H46N8O6S/c1-16(2)13-21(25(41)29-38-19-9-6-7-11-24(19)45-29)35-27(43)22(14-17(3)4)36-28(44)23(15-39)37-26(42)20(34-18(5)40)10-8-12-33-30(31)32/h6-7,9,11,16-17,20-23,39H,8,10,12-15H2,1-5H3,(H,34,40)(H,35,43)(H,36,44)(H,37,42)(H4,31,32,33)/t20-,21-,22-,23-/m0/s1. The molecule has 0 radical (unpaired) electrons. The Morgan fingerprint density at radius 1 is 0.844 bits per heavy atom.